The van der Waals surface area contributed by atoms with Gasteiger partial charge in [0.25, 0.3) is 0 Å². The number of benzene rings is 2. The van der Waals surface area contributed by atoms with Gasteiger partial charge in [-0.2, -0.15) is 0 Å². The molecule has 0 amide bonds. The molecule has 2 rings (SSSR count). The Labute approximate surface area is 127 Å². The van der Waals surface area contributed by atoms with Crippen LogP contribution in [0.4, 0.5) is 4.39 Å². The highest BCUT2D eigenvalue weighted by atomic mass is 79.9. The summed E-state index contributed by atoms with van der Waals surface area (Å²) in [7, 11) is 0. The molecule has 0 spiro atoms. The molecular formula is C17H18BrFO. The van der Waals surface area contributed by atoms with E-state index in [1.54, 1.807) is 12.1 Å². The Hall–Kier alpha value is -1.19. The Morgan fingerprint density at radius 2 is 1.65 bits per heavy atom. The quantitative estimate of drug-likeness (QED) is 0.833. The Balaban J connectivity index is 2.10. The summed E-state index contributed by atoms with van der Waals surface area (Å²) in [6.45, 7) is 4.31. The molecule has 0 aliphatic carbocycles. The maximum Gasteiger partial charge on any atom is 0.137 e. The van der Waals surface area contributed by atoms with Crippen molar-refractivity contribution in [2.75, 3.05) is 0 Å². The van der Waals surface area contributed by atoms with Crippen LogP contribution in [-0.2, 0) is 6.42 Å². The number of halogens is 2. The summed E-state index contributed by atoms with van der Waals surface area (Å²) in [5.41, 5.74) is 3.07. The number of hydrogen-bond acceptors (Lipinski definition) is 1. The van der Waals surface area contributed by atoms with Gasteiger partial charge in [0.2, 0.25) is 0 Å². The van der Waals surface area contributed by atoms with E-state index in [0.29, 0.717) is 22.4 Å². The fourth-order valence-corrected chi connectivity index (χ4v) is 2.50. The van der Waals surface area contributed by atoms with Gasteiger partial charge in [-0.1, -0.05) is 44.2 Å². The largest absolute Gasteiger partial charge is 0.388 e. The van der Waals surface area contributed by atoms with E-state index in [1.807, 2.05) is 12.1 Å². The third-order valence-electron chi connectivity index (χ3n) is 3.40. The molecule has 1 nitrogen and oxygen atoms in total. The van der Waals surface area contributed by atoms with E-state index in [1.165, 1.54) is 11.6 Å². The van der Waals surface area contributed by atoms with Crippen LogP contribution in [0.2, 0.25) is 0 Å². The third-order valence-corrected chi connectivity index (χ3v) is 4.01. The number of aliphatic hydroxyl groups is 1. The highest BCUT2D eigenvalue weighted by Crippen LogP contribution is 2.24. The van der Waals surface area contributed by atoms with Crippen LogP contribution >= 0.6 is 15.9 Å². The maximum absolute atomic E-state index is 13.2. The molecule has 0 bridgehead atoms. The SMILES string of the molecule is CC(C)c1ccc(CC(O)c2ccc(F)c(Br)c2)cc1. The third kappa shape index (κ3) is 3.68. The Kier molecular flexibility index (Phi) is 4.95. The summed E-state index contributed by atoms with van der Waals surface area (Å²) in [4.78, 5) is 0. The fraction of sp³-hybridized carbons (Fsp3) is 0.294. The van der Waals surface area contributed by atoms with Gasteiger partial charge in [-0.15, -0.1) is 0 Å². The molecule has 3 heteroatoms. The average Bonchev–Trinajstić information content (AvgIpc) is 2.42. The van der Waals surface area contributed by atoms with Gasteiger partial charge in [-0.25, -0.2) is 4.39 Å². The Morgan fingerprint density at radius 1 is 1.05 bits per heavy atom. The van der Waals surface area contributed by atoms with E-state index >= 15 is 0 Å². The lowest BCUT2D eigenvalue weighted by atomic mass is 9.97. The zero-order chi connectivity index (χ0) is 14.7. The number of rotatable bonds is 4. The van der Waals surface area contributed by atoms with Crippen molar-refractivity contribution in [3.8, 4) is 0 Å². The monoisotopic (exact) mass is 336 g/mol. The van der Waals surface area contributed by atoms with Gasteiger partial charge < -0.3 is 5.11 Å². The molecule has 0 radical (unpaired) electrons. The van der Waals surface area contributed by atoms with E-state index in [0.717, 1.165) is 5.56 Å². The predicted octanol–water partition coefficient (Wildman–Crippen LogP) is 4.99. The summed E-state index contributed by atoms with van der Waals surface area (Å²) >= 11 is 3.14. The molecule has 0 aliphatic heterocycles. The molecule has 106 valence electrons. The van der Waals surface area contributed by atoms with E-state index in [-0.39, 0.29) is 5.82 Å². The molecular weight excluding hydrogens is 319 g/mol. The van der Waals surface area contributed by atoms with Gasteiger partial charge in [0.1, 0.15) is 5.82 Å². The Morgan fingerprint density at radius 3 is 2.20 bits per heavy atom. The second-order valence-corrected chi connectivity index (χ2v) is 6.14. The lowest BCUT2D eigenvalue weighted by molar-refractivity contribution is 0.178. The van der Waals surface area contributed by atoms with Crippen LogP contribution in [0.5, 0.6) is 0 Å². The minimum absolute atomic E-state index is 0.317. The van der Waals surface area contributed by atoms with Crippen LogP contribution in [0.25, 0.3) is 0 Å². The first-order valence-electron chi connectivity index (χ1n) is 6.69. The van der Waals surface area contributed by atoms with Gasteiger partial charge in [-0.3, -0.25) is 0 Å². The molecule has 0 fully saturated rings. The summed E-state index contributed by atoms with van der Waals surface area (Å²) in [5, 5.41) is 10.2. The molecule has 0 saturated carbocycles. The maximum atomic E-state index is 13.2. The first kappa shape index (κ1) is 15.2. The normalized spacial score (nSPS) is 12.7. The molecule has 0 heterocycles. The zero-order valence-electron chi connectivity index (χ0n) is 11.6. The van der Waals surface area contributed by atoms with E-state index < -0.39 is 6.10 Å². The summed E-state index contributed by atoms with van der Waals surface area (Å²) in [5.74, 6) is 0.185. The second-order valence-electron chi connectivity index (χ2n) is 5.29. The predicted molar refractivity (Wildman–Crippen MR) is 83.3 cm³/mol. The molecule has 2 aromatic carbocycles. The summed E-state index contributed by atoms with van der Waals surface area (Å²) in [6, 6.07) is 12.9. The van der Waals surface area contributed by atoms with Gasteiger partial charge >= 0.3 is 0 Å². The molecule has 1 atom stereocenters. The number of hydrogen-bond donors (Lipinski definition) is 1. The van der Waals surface area contributed by atoms with Crippen LogP contribution < -0.4 is 0 Å². The molecule has 0 aromatic heterocycles. The smallest absolute Gasteiger partial charge is 0.137 e. The molecule has 1 N–H and O–H groups in total. The van der Waals surface area contributed by atoms with Crippen molar-refractivity contribution in [2.24, 2.45) is 0 Å². The van der Waals surface area contributed by atoms with Gasteiger partial charge in [-0.05, 0) is 50.7 Å². The molecule has 0 saturated heterocycles. The second kappa shape index (κ2) is 6.51. The van der Waals surface area contributed by atoms with E-state index in [2.05, 4.69) is 41.9 Å². The fourth-order valence-electron chi connectivity index (χ4n) is 2.10. The van der Waals surface area contributed by atoms with E-state index in [9.17, 15) is 9.50 Å². The van der Waals surface area contributed by atoms with Gasteiger partial charge in [0.15, 0.2) is 0 Å². The van der Waals surface area contributed by atoms with Crippen molar-refractivity contribution in [3.63, 3.8) is 0 Å². The van der Waals surface area contributed by atoms with Crippen molar-refractivity contribution in [3.05, 3.63) is 69.4 Å². The lowest BCUT2D eigenvalue weighted by Gasteiger charge is -2.13. The van der Waals surface area contributed by atoms with Crippen LogP contribution in [0.1, 0.15) is 42.6 Å². The van der Waals surface area contributed by atoms with Crippen LogP contribution in [0.15, 0.2) is 46.9 Å². The van der Waals surface area contributed by atoms with Crippen molar-refractivity contribution < 1.29 is 9.50 Å². The molecule has 1 unspecified atom stereocenters. The minimum atomic E-state index is -0.628. The van der Waals surface area contributed by atoms with Crippen molar-refractivity contribution in [1.82, 2.24) is 0 Å². The van der Waals surface area contributed by atoms with Crippen molar-refractivity contribution >= 4 is 15.9 Å². The molecule has 0 aliphatic rings. The van der Waals surface area contributed by atoms with Gasteiger partial charge in [0.05, 0.1) is 10.6 Å². The number of aliphatic hydroxyl groups excluding tert-OH is 1. The topological polar surface area (TPSA) is 20.2 Å². The first-order chi connectivity index (χ1) is 9.47. The van der Waals surface area contributed by atoms with Crippen LogP contribution in [0, 0.1) is 5.82 Å². The first-order valence-corrected chi connectivity index (χ1v) is 7.48. The molecule has 20 heavy (non-hydrogen) atoms. The zero-order valence-corrected chi connectivity index (χ0v) is 13.2. The van der Waals surface area contributed by atoms with Gasteiger partial charge in [0, 0.05) is 6.42 Å². The minimum Gasteiger partial charge on any atom is -0.388 e. The standard InChI is InChI=1S/C17H18BrFO/c1-11(2)13-5-3-12(4-6-13)9-17(20)14-7-8-16(19)15(18)10-14/h3-8,10-11,17,20H,9H2,1-2H3. The highest BCUT2D eigenvalue weighted by molar-refractivity contribution is 9.10. The summed E-state index contributed by atoms with van der Waals surface area (Å²) < 4.78 is 13.6. The molecule has 2 aromatic rings. The van der Waals surface area contributed by atoms with E-state index in [4.69, 9.17) is 0 Å². The van der Waals surface area contributed by atoms with Crippen LogP contribution in [-0.4, -0.2) is 5.11 Å². The summed E-state index contributed by atoms with van der Waals surface area (Å²) in [6.07, 6.45) is -0.104. The van der Waals surface area contributed by atoms with Crippen molar-refractivity contribution in [1.29, 1.82) is 0 Å². The lowest BCUT2D eigenvalue weighted by Crippen LogP contribution is -2.02. The highest BCUT2D eigenvalue weighted by Gasteiger charge is 2.11. The Bertz CT molecular complexity index is 578. The average molecular weight is 337 g/mol. The van der Waals surface area contributed by atoms with Crippen LogP contribution in [0.3, 0.4) is 0 Å². The van der Waals surface area contributed by atoms with Crippen molar-refractivity contribution in [2.45, 2.75) is 32.3 Å².